The first-order valence-corrected chi connectivity index (χ1v) is 10.2. The van der Waals surface area contributed by atoms with E-state index in [1.165, 1.54) is 22.3 Å². The summed E-state index contributed by atoms with van der Waals surface area (Å²) in [5.74, 6) is 1.98. The molecule has 0 unspecified atom stereocenters. The highest BCUT2D eigenvalue weighted by Crippen LogP contribution is 2.38. The Hall–Kier alpha value is -2.56. The summed E-state index contributed by atoms with van der Waals surface area (Å²) in [6, 6.07) is 13.2. The summed E-state index contributed by atoms with van der Waals surface area (Å²) in [4.78, 5) is 4.49. The number of hydrogen-bond donors (Lipinski definition) is 0. The summed E-state index contributed by atoms with van der Waals surface area (Å²) in [5.41, 5.74) is 4.94. The highest BCUT2D eigenvalue weighted by atomic mass is 16.5. The van der Waals surface area contributed by atoms with Gasteiger partial charge in [0.05, 0.1) is 0 Å². The van der Waals surface area contributed by atoms with Crippen LogP contribution in [0.3, 0.4) is 0 Å². The van der Waals surface area contributed by atoms with Crippen molar-refractivity contribution in [2.45, 2.75) is 32.4 Å². The van der Waals surface area contributed by atoms with Gasteiger partial charge >= 0.3 is 0 Å². The Morgan fingerprint density at radius 3 is 1.69 bits per heavy atom. The maximum atomic E-state index is 5.92. The summed E-state index contributed by atoms with van der Waals surface area (Å²) in [7, 11) is 0. The van der Waals surface area contributed by atoms with E-state index in [1.54, 1.807) is 0 Å². The molecule has 4 rings (SSSR count). The molecule has 2 aliphatic rings. The Balaban J connectivity index is 1.62. The van der Waals surface area contributed by atoms with Crippen LogP contribution in [0, 0.1) is 0 Å². The number of fused-ring (bicyclic) bond motifs is 2. The van der Waals surface area contributed by atoms with Crippen LogP contribution < -0.4 is 9.47 Å². The largest absolute Gasteiger partial charge is 0.478 e. The third kappa shape index (κ3) is 3.96. The van der Waals surface area contributed by atoms with Crippen molar-refractivity contribution in [1.82, 2.24) is 9.80 Å². The molecule has 0 aliphatic carbocycles. The van der Waals surface area contributed by atoms with Crippen LogP contribution in [-0.2, 0) is 18.5 Å². The molecular formula is C25H30N2O2. The van der Waals surface area contributed by atoms with Crippen molar-refractivity contribution in [3.8, 4) is 11.5 Å². The van der Waals surface area contributed by atoms with Crippen LogP contribution >= 0.6 is 0 Å². The van der Waals surface area contributed by atoms with Gasteiger partial charge in [0.15, 0.2) is 0 Å². The summed E-state index contributed by atoms with van der Waals surface area (Å²) < 4.78 is 11.8. The fraction of sp³-hybridized carbons (Fsp3) is 0.360. The minimum atomic E-state index is -0.120. The summed E-state index contributed by atoms with van der Waals surface area (Å²) in [5, 5.41) is 0. The molecule has 2 aromatic rings. The van der Waals surface area contributed by atoms with Crippen molar-refractivity contribution in [2.75, 3.05) is 26.6 Å². The van der Waals surface area contributed by atoms with Crippen molar-refractivity contribution >= 4 is 0 Å². The molecule has 0 aromatic heterocycles. The SMILES string of the molecule is C=CCN1COc2ccc(C(C)(C)c3ccc4c(c3)CN(CC=C)CO4)cc2C1. The second-order valence-corrected chi connectivity index (χ2v) is 8.42. The smallest absolute Gasteiger partial charge is 0.142 e. The van der Waals surface area contributed by atoms with E-state index in [0.717, 1.165) is 37.7 Å². The summed E-state index contributed by atoms with van der Waals surface area (Å²) in [6.07, 6.45) is 3.85. The molecule has 0 spiro atoms. The minimum Gasteiger partial charge on any atom is -0.478 e. The standard InChI is InChI=1S/C25H30N2O2/c1-5-11-26-15-19-13-21(7-9-23(19)28-17-26)25(3,4)22-8-10-24-20(14-22)16-27(12-6-2)18-29-24/h5-10,13-14H,1-2,11-12,15-18H2,3-4H3. The number of nitrogens with zero attached hydrogens (tertiary/aromatic N) is 2. The summed E-state index contributed by atoms with van der Waals surface area (Å²) >= 11 is 0. The van der Waals surface area contributed by atoms with Crippen molar-refractivity contribution < 1.29 is 9.47 Å². The van der Waals surface area contributed by atoms with E-state index in [1.807, 2.05) is 12.2 Å². The van der Waals surface area contributed by atoms with Gasteiger partial charge in [0.25, 0.3) is 0 Å². The van der Waals surface area contributed by atoms with Crippen LogP contribution in [0.25, 0.3) is 0 Å². The number of benzene rings is 2. The number of rotatable bonds is 6. The Morgan fingerprint density at radius 2 is 1.28 bits per heavy atom. The van der Waals surface area contributed by atoms with Gasteiger partial charge in [-0.05, 0) is 35.4 Å². The normalized spacial score (nSPS) is 16.9. The highest BCUT2D eigenvalue weighted by molar-refractivity contribution is 5.48. The third-order valence-electron chi connectivity index (χ3n) is 5.93. The number of ether oxygens (including phenoxy) is 2. The second kappa shape index (κ2) is 8.05. The zero-order valence-corrected chi connectivity index (χ0v) is 17.5. The van der Waals surface area contributed by atoms with Gasteiger partial charge in [-0.1, -0.05) is 38.1 Å². The molecule has 0 saturated carbocycles. The highest BCUT2D eigenvalue weighted by Gasteiger charge is 2.27. The van der Waals surface area contributed by atoms with E-state index in [9.17, 15) is 0 Å². The van der Waals surface area contributed by atoms with Crippen molar-refractivity contribution in [1.29, 1.82) is 0 Å². The Bertz CT molecular complexity index is 846. The average Bonchev–Trinajstić information content (AvgIpc) is 2.73. The quantitative estimate of drug-likeness (QED) is 0.668. The molecular weight excluding hydrogens is 360 g/mol. The zero-order valence-electron chi connectivity index (χ0n) is 17.5. The maximum Gasteiger partial charge on any atom is 0.142 e. The molecule has 0 radical (unpaired) electrons. The van der Waals surface area contributed by atoms with E-state index >= 15 is 0 Å². The molecule has 2 aliphatic heterocycles. The predicted octanol–water partition coefficient (Wildman–Crippen LogP) is 4.69. The molecule has 0 N–H and O–H groups in total. The van der Waals surface area contributed by atoms with Crippen molar-refractivity contribution in [3.05, 3.63) is 84.0 Å². The van der Waals surface area contributed by atoms with Gasteiger partial charge in [-0.2, -0.15) is 0 Å². The molecule has 152 valence electrons. The molecule has 0 amide bonds. The lowest BCUT2D eigenvalue weighted by Gasteiger charge is -2.33. The van der Waals surface area contributed by atoms with Crippen molar-refractivity contribution in [3.63, 3.8) is 0 Å². The van der Waals surface area contributed by atoms with Gasteiger partial charge in [-0.25, -0.2) is 0 Å². The van der Waals surface area contributed by atoms with E-state index in [0.29, 0.717) is 13.5 Å². The molecule has 0 atom stereocenters. The fourth-order valence-corrected chi connectivity index (χ4v) is 4.13. The molecule has 29 heavy (non-hydrogen) atoms. The summed E-state index contributed by atoms with van der Waals surface area (Å²) in [6.45, 7) is 16.9. The van der Waals surface area contributed by atoms with E-state index in [-0.39, 0.29) is 5.41 Å². The number of hydrogen-bond acceptors (Lipinski definition) is 4. The lowest BCUT2D eigenvalue weighted by Crippen LogP contribution is -2.33. The van der Waals surface area contributed by atoms with Gasteiger partial charge in [-0.3, -0.25) is 9.80 Å². The topological polar surface area (TPSA) is 24.9 Å². The van der Waals surface area contributed by atoms with Gasteiger partial charge in [0.1, 0.15) is 25.0 Å². The maximum absolute atomic E-state index is 5.92. The van der Waals surface area contributed by atoms with Gasteiger partial charge in [-0.15, -0.1) is 13.2 Å². The Labute approximate surface area is 174 Å². The van der Waals surface area contributed by atoms with Crippen molar-refractivity contribution in [2.24, 2.45) is 0 Å². The molecule has 0 saturated heterocycles. The molecule has 0 fully saturated rings. The average molecular weight is 391 g/mol. The van der Waals surface area contributed by atoms with Crippen LogP contribution in [0.5, 0.6) is 11.5 Å². The lowest BCUT2D eigenvalue weighted by atomic mass is 9.77. The lowest BCUT2D eigenvalue weighted by molar-refractivity contribution is 0.107. The monoisotopic (exact) mass is 390 g/mol. The second-order valence-electron chi connectivity index (χ2n) is 8.42. The third-order valence-corrected chi connectivity index (χ3v) is 5.93. The van der Waals surface area contributed by atoms with Crippen LogP contribution in [0.2, 0.25) is 0 Å². The molecule has 2 heterocycles. The van der Waals surface area contributed by atoms with Crippen LogP contribution in [0.1, 0.15) is 36.1 Å². The van der Waals surface area contributed by atoms with E-state index in [4.69, 9.17) is 9.47 Å². The molecule has 4 heteroatoms. The first-order valence-electron chi connectivity index (χ1n) is 10.2. The molecule has 0 bridgehead atoms. The van der Waals surface area contributed by atoms with Gasteiger partial charge in [0.2, 0.25) is 0 Å². The minimum absolute atomic E-state index is 0.120. The van der Waals surface area contributed by atoms with Crippen LogP contribution in [0.15, 0.2) is 61.7 Å². The first-order chi connectivity index (χ1) is 14.0. The molecule has 2 aromatic carbocycles. The van der Waals surface area contributed by atoms with Gasteiger partial charge in [0, 0.05) is 42.7 Å². The molecule has 4 nitrogen and oxygen atoms in total. The fourth-order valence-electron chi connectivity index (χ4n) is 4.13. The van der Waals surface area contributed by atoms with E-state index < -0.39 is 0 Å². The van der Waals surface area contributed by atoms with Crippen LogP contribution in [-0.4, -0.2) is 36.4 Å². The Morgan fingerprint density at radius 1 is 0.828 bits per heavy atom. The Kier molecular flexibility index (Phi) is 5.48. The zero-order chi connectivity index (χ0) is 20.4. The van der Waals surface area contributed by atoms with Gasteiger partial charge < -0.3 is 9.47 Å². The predicted molar refractivity (Wildman–Crippen MR) is 117 cm³/mol. The first kappa shape index (κ1) is 19.7. The van der Waals surface area contributed by atoms with Crippen LogP contribution in [0.4, 0.5) is 0 Å². The van der Waals surface area contributed by atoms with E-state index in [2.05, 4.69) is 73.2 Å².